The summed E-state index contributed by atoms with van der Waals surface area (Å²) in [6.45, 7) is 6.98. The molecule has 0 aromatic carbocycles. The second-order valence-electron chi connectivity index (χ2n) is 4.98. The summed E-state index contributed by atoms with van der Waals surface area (Å²) in [5, 5.41) is 11.8. The number of nitrogens with one attached hydrogen (secondary N) is 1. The molecular formula is C13H28N2O2. The first-order chi connectivity index (χ1) is 8.04. The van der Waals surface area contributed by atoms with E-state index in [9.17, 15) is 4.79 Å². The zero-order chi connectivity index (χ0) is 13.3. The Morgan fingerprint density at radius 3 is 2.41 bits per heavy atom. The lowest BCUT2D eigenvalue weighted by Crippen LogP contribution is -2.37. The van der Waals surface area contributed by atoms with Gasteiger partial charge in [0.25, 0.3) is 0 Å². The Hall–Kier alpha value is -0.610. The summed E-state index contributed by atoms with van der Waals surface area (Å²) < 4.78 is 0. The Balaban J connectivity index is 3.95. The average Bonchev–Trinajstić information content (AvgIpc) is 2.30. The molecule has 0 fully saturated rings. The number of nitrogens with two attached hydrogens (primary N) is 1. The van der Waals surface area contributed by atoms with E-state index in [1.165, 1.54) is 0 Å². The van der Waals surface area contributed by atoms with Crippen molar-refractivity contribution in [1.29, 1.82) is 0 Å². The molecular weight excluding hydrogens is 216 g/mol. The highest BCUT2D eigenvalue weighted by Crippen LogP contribution is 2.20. The number of rotatable bonds is 9. The van der Waals surface area contributed by atoms with E-state index in [-0.39, 0.29) is 18.6 Å². The van der Waals surface area contributed by atoms with Crippen molar-refractivity contribution in [3.8, 4) is 0 Å². The molecule has 0 aromatic heterocycles. The third-order valence-electron chi connectivity index (χ3n) is 3.30. The summed E-state index contributed by atoms with van der Waals surface area (Å²) in [6.07, 6.45) is 3.14. The summed E-state index contributed by atoms with van der Waals surface area (Å²) in [4.78, 5) is 11.6. The summed E-state index contributed by atoms with van der Waals surface area (Å²) in [5.74, 6) is 1.11. The first-order valence-corrected chi connectivity index (χ1v) is 6.65. The molecule has 4 nitrogen and oxygen atoms in total. The van der Waals surface area contributed by atoms with Gasteiger partial charge in [0.15, 0.2) is 0 Å². The normalized spacial score (nSPS) is 14.7. The number of aliphatic hydroxyl groups excluding tert-OH is 1. The van der Waals surface area contributed by atoms with Gasteiger partial charge in [-0.25, -0.2) is 0 Å². The first-order valence-electron chi connectivity index (χ1n) is 6.65. The zero-order valence-corrected chi connectivity index (χ0v) is 11.4. The number of hydrogen-bond donors (Lipinski definition) is 3. The van der Waals surface area contributed by atoms with Crippen LogP contribution in [-0.4, -0.2) is 30.2 Å². The van der Waals surface area contributed by atoms with Crippen molar-refractivity contribution in [3.63, 3.8) is 0 Å². The van der Waals surface area contributed by atoms with Crippen LogP contribution in [0.25, 0.3) is 0 Å². The molecule has 0 heterocycles. The van der Waals surface area contributed by atoms with E-state index in [0.29, 0.717) is 24.8 Å². The number of amides is 1. The highest BCUT2D eigenvalue weighted by atomic mass is 16.3. The van der Waals surface area contributed by atoms with Crippen LogP contribution in [0.2, 0.25) is 0 Å². The average molecular weight is 244 g/mol. The molecule has 2 atom stereocenters. The summed E-state index contributed by atoms with van der Waals surface area (Å²) in [5.41, 5.74) is 5.56. The van der Waals surface area contributed by atoms with E-state index in [4.69, 9.17) is 10.8 Å². The van der Waals surface area contributed by atoms with Gasteiger partial charge in [-0.2, -0.15) is 0 Å². The molecule has 0 saturated carbocycles. The third kappa shape index (κ3) is 7.34. The van der Waals surface area contributed by atoms with Crippen molar-refractivity contribution >= 4 is 5.91 Å². The molecule has 0 aliphatic rings. The molecule has 102 valence electrons. The maximum Gasteiger partial charge on any atom is 0.220 e. The fourth-order valence-corrected chi connectivity index (χ4v) is 1.92. The van der Waals surface area contributed by atoms with Crippen LogP contribution >= 0.6 is 0 Å². The Morgan fingerprint density at radius 1 is 1.35 bits per heavy atom. The van der Waals surface area contributed by atoms with Crippen LogP contribution in [-0.2, 0) is 4.79 Å². The minimum atomic E-state index is -0.102. The largest absolute Gasteiger partial charge is 0.394 e. The van der Waals surface area contributed by atoms with Gasteiger partial charge in [-0.05, 0) is 37.6 Å². The lowest BCUT2D eigenvalue weighted by atomic mass is 9.88. The van der Waals surface area contributed by atoms with Crippen LogP contribution in [0.15, 0.2) is 0 Å². The maximum atomic E-state index is 11.6. The van der Waals surface area contributed by atoms with E-state index in [1.807, 2.05) is 6.92 Å². The zero-order valence-electron chi connectivity index (χ0n) is 11.4. The molecule has 17 heavy (non-hydrogen) atoms. The Labute approximate surface area is 105 Å². The molecule has 1 amide bonds. The van der Waals surface area contributed by atoms with Crippen molar-refractivity contribution in [2.24, 2.45) is 17.6 Å². The quantitative estimate of drug-likeness (QED) is 0.572. The molecule has 0 radical (unpaired) electrons. The van der Waals surface area contributed by atoms with Gasteiger partial charge in [-0.1, -0.05) is 20.8 Å². The molecule has 0 saturated heterocycles. The SMILES string of the molecule is CCC(CO)NC(=O)CCC(CCN)C(C)C. The van der Waals surface area contributed by atoms with Crippen LogP contribution in [0.1, 0.15) is 46.5 Å². The smallest absolute Gasteiger partial charge is 0.220 e. The molecule has 0 aliphatic heterocycles. The summed E-state index contributed by atoms with van der Waals surface area (Å²) >= 11 is 0. The van der Waals surface area contributed by atoms with Gasteiger partial charge in [0.2, 0.25) is 5.91 Å². The molecule has 0 bridgehead atoms. The number of hydrogen-bond acceptors (Lipinski definition) is 3. The summed E-state index contributed by atoms with van der Waals surface area (Å²) in [7, 11) is 0. The van der Waals surface area contributed by atoms with Crippen molar-refractivity contribution in [2.75, 3.05) is 13.2 Å². The maximum absolute atomic E-state index is 11.6. The van der Waals surface area contributed by atoms with Gasteiger partial charge in [0.1, 0.15) is 0 Å². The van der Waals surface area contributed by atoms with Crippen molar-refractivity contribution < 1.29 is 9.90 Å². The second-order valence-corrected chi connectivity index (χ2v) is 4.98. The second kappa shape index (κ2) is 9.42. The fourth-order valence-electron chi connectivity index (χ4n) is 1.92. The predicted molar refractivity (Wildman–Crippen MR) is 70.5 cm³/mol. The first kappa shape index (κ1) is 16.4. The van der Waals surface area contributed by atoms with Crippen LogP contribution in [0, 0.1) is 11.8 Å². The van der Waals surface area contributed by atoms with E-state index in [2.05, 4.69) is 19.2 Å². The van der Waals surface area contributed by atoms with Crippen LogP contribution in [0.3, 0.4) is 0 Å². The highest BCUT2D eigenvalue weighted by molar-refractivity contribution is 5.76. The molecule has 0 spiro atoms. The molecule has 0 aliphatic carbocycles. The van der Waals surface area contributed by atoms with Gasteiger partial charge >= 0.3 is 0 Å². The van der Waals surface area contributed by atoms with Gasteiger partial charge in [0, 0.05) is 6.42 Å². The molecule has 2 unspecified atom stereocenters. The van der Waals surface area contributed by atoms with Crippen molar-refractivity contribution in [1.82, 2.24) is 5.32 Å². The standard InChI is InChI=1S/C13H28N2O2/c1-4-12(9-16)15-13(17)6-5-11(7-8-14)10(2)3/h10-12,16H,4-9,14H2,1-3H3,(H,15,17). The Morgan fingerprint density at radius 2 is 2.00 bits per heavy atom. The fraction of sp³-hybridized carbons (Fsp3) is 0.923. The van der Waals surface area contributed by atoms with Gasteiger partial charge in [0.05, 0.1) is 12.6 Å². The molecule has 0 aromatic rings. The lowest BCUT2D eigenvalue weighted by molar-refractivity contribution is -0.122. The van der Waals surface area contributed by atoms with E-state index < -0.39 is 0 Å². The predicted octanol–water partition coefficient (Wildman–Crippen LogP) is 1.27. The van der Waals surface area contributed by atoms with E-state index >= 15 is 0 Å². The Kier molecular flexibility index (Phi) is 9.09. The number of carbonyl (C=O) groups is 1. The van der Waals surface area contributed by atoms with Gasteiger partial charge in [-0.15, -0.1) is 0 Å². The van der Waals surface area contributed by atoms with Crippen molar-refractivity contribution in [3.05, 3.63) is 0 Å². The van der Waals surface area contributed by atoms with Gasteiger partial charge in [-0.3, -0.25) is 4.79 Å². The van der Waals surface area contributed by atoms with E-state index in [1.54, 1.807) is 0 Å². The third-order valence-corrected chi connectivity index (χ3v) is 3.30. The molecule has 4 N–H and O–H groups in total. The highest BCUT2D eigenvalue weighted by Gasteiger charge is 2.15. The van der Waals surface area contributed by atoms with Crippen molar-refractivity contribution in [2.45, 2.75) is 52.5 Å². The Bertz CT molecular complexity index is 204. The monoisotopic (exact) mass is 244 g/mol. The molecule has 0 rings (SSSR count). The van der Waals surface area contributed by atoms with E-state index in [0.717, 1.165) is 19.3 Å². The minimum absolute atomic E-state index is 0.0125. The molecule has 4 heteroatoms. The number of carbonyl (C=O) groups excluding carboxylic acids is 1. The lowest BCUT2D eigenvalue weighted by Gasteiger charge is -2.20. The summed E-state index contributed by atoms with van der Waals surface area (Å²) in [6, 6.07) is -0.102. The van der Waals surface area contributed by atoms with Crippen LogP contribution in [0.4, 0.5) is 0 Å². The van der Waals surface area contributed by atoms with Gasteiger partial charge < -0.3 is 16.2 Å². The topological polar surface area (TPSA) is 75.3 Å². The van der Waals surface area contributed by atoms with Crippen LogP contribution in [0.5, 0.6) is 0 Å². The van der Waals surface area contributed by atoms with Crippen LogP contribution < -0.4 is 11.1 Å². The minimum Gasteiger partial charge on any atom is -0.394 e. The number of aliphatic hydroxyl groups is 1.